The molecular formula is C18H27NO5S. The lowest BCUT2D eigenvalue weighted by Gasteiger charge is -2.28. The lowest BCUT2D eigenvalue weighted by molar-refractivity contribution is -0.139. The van der Waals surface area contributed by atoms with E-state index in [2.05, 4.69) is 4.74 Å². The van der Waals surface area contributed by atoms with Crippen LogP contribution in [0, 0.1) is 0 Å². The summed E-state index contributed by atoms with van der Waals surface area (Å²) >= 11 is 1.46. The van der Waals surface area contributed by atoms with E-state index < -0.39 is 5.60 Å². The number of nitrogens with zero attached hydrogens (tertiary/aromatic N) is 1. The fourth-order valence-electron chi connectivity index (χ4n) is 3.24. The molecule has 6 nitrogen and oxygen atoms in total. The van der Waals surface area contributed by atoms with Crippen LogP contribution in [0.2, 0.25) is 0 Å². The Morgan fingerprint density at radius 1 is 1.40 bits per heavy atom. The van der Waals surface area contributed by atoms with Crippen molar-refractivity contribution in [2.24, 2.45) is 0 Å². The van der Waals surface area contributed by atoms with Crippen LogP contribution in [-0.4, -0.2) is 52.8 Å². The van der Waals surface area contributed by atoms with Crippen LogP contribution in [0.25, 0.3) is 0 Å². The Labute approximate surface area is 153 Å². The number of hydrogen-bond donors (Lipinski definition) is 1. The molecule has 0 aromatic heterocycles. The average Bonchev–Trinajstić information content (AvgIpc) is 2.76. The molecule has 2 aliphatic heterocycles. The maximum atomic E-state index is 12.7. The fraction of sp³-hybridized carbons (Fsp3) is 0.667. The monoisotopic (exact) mass is 369 g/mol. The molecule has 1 N–H and O–H groups in total. The topological polar surface area (TPSA) is 76.1 Å². The summed E-state index contributed by atoms with van der Waals surface area (Å²) in [6, 6.07) is 0. The highest BCUT2D eigenvalue weighted by atomic mass is 32.2. The van der Waals surface area contributed by atoms with Crippen molar-refractivity contribution < 1.29 is 24.2 Å². The van der Waals surface area contributed by atoms with Crippen LogP contribution in [0.3, 0.4) is 0 Å². The van der Waals surface area contributed by atoms with Gasteiger partial charge in [-0.05, 0) is 31.9 Å². The largest absolute Gasteiger partial charge is 0.469 e. The zero-order valence-corrected chi connectivity index (χ0v) is 15.9. The molecule has 0 aromatic rings. The van der Waals surface area contributed by atoms with Crippen molar-refractivity contribution in [3.63, 3.8) is 0 Å². The van der Waals surface area contributed by atoms with E-state index in [9.17, 15) is 14.7 Å². The molecule has 140 valence electrons. The molecule has 0 bridgehead atoms. The first-order valence-electron chi connectivity index (χ1n) is 8.65. The molecule has 0 aliphatic carbocycles. The third-order valence-corrected chi connectivity index (χ3v) is 5.63. The minimum Gasteiger partial charge on any atom is -0.469 e. The highest BCUT2D eigenvalue weighted by Crippen LogP contribution is 2.46. The standard InChI is InChI=1S/C18H27NO5S/c1-4-18(22)13-9-7-8-12-19(16(13)24-17(18)25-3)14(20)10-5-6-11-15(21)23-2/h5-6,17,22H,4,7-12H2,1-3H3/b6-5+. The molecule has 0 fully saturated rings. The van der Waals surface area contributed by atoms with Crippen molar-refractivity contribution >= 4 is 23.6 Å². The molecule has 2 unspecified atom stereocenters. The van der Waals surface area contributed by atoms with Crippen molar-refractivity contribution in [2.45, 2.75) is 56.5 Å². The molecule has 2 atom stereocenters. The Morgan fingerprint density at radius 3 is 2.76 bits per heavy atom. The van der Waals surface area contributed by atoms with Gasteiger partial charge in [-0.25, -0.2) is 0 Å². The van der Waals surface area contributed by atoms with E-state index in [0.29, 0.717) is 18.8 Å². The minimum atomic E-state index is -1.02. The fourth-order valence-corrected chi connectivity index (χ4v) is 4.13. The van der Waals surface area contributed by atoms with Crippen LogP contribution in [-0.2, 0) is 19.1 Å². The smallest absolute Gasteiger partial charge is 0.309 e. The van der Waals surface area contributed by atoms with Crippen LogP contribution >= 0.6 is 11.8 Å². The van der Waals surface area contributed by atoms with Crippen molar-refractivity contribution in [3.8, 4) is 0 Å². The van der Waals surface area contributed by atoms with Gasteiger partial charge in [-0.15, -0.1) is 11.8 Å². The second-order valence-corrected chi connectivity index (χ2v) is 7.10. The lowest BCUT2D eigenvalue weighted by atomic mass is 9.90. The number of ether oxygens (including phenoxy) is 2. The van der Waals surface area contributed by atoms with E-state index in [4.69, 9.17) is 4.74 Å². The number of carbonyl (C=O) groups excluding carboxylic acids is 2. The van der Waals surface area contributed by atoms with Gasteiger partial charge in [0.2, 0.25) is 5.91 Å². The molecule has 7 heteroatoms. The molecule has 25 heavy (non-hydrogen) atoms. The molecule has 0 spiro atoms. The first-order valence-corrected chi connectivity index (χ1v) is 9.94. The van der Waals surface area contributed by atoms with Crippen molar-refractivity contribution in [2.75, 3.05) is 19.9 Å². The quantitative estimate of drug-likeness (QED) is 0.573. The van der Waals surface area contributed by atoms with Gasteiger partial charge in [0.25, 0.3) is 0 Å². The van der Waals surface area contributed by atoms with Crippen molar-refractivity contribution in [3.05, 3.63) is 23.6 Å². The minimum absolute atomic E-state index is 0.0873. The first-order chi connectivity index (χ1) is 12.0. The number of thioether (sulfide) groups is 1. The Hall–Kier alpha value is -1.47. The second kappa shape index (κ2) is 8.76. The molecule has 2 rings (SSSR count). The normalized spacial score (nSPS) is 26.4. The number of amides is 1. The number of aliphatic hydroxyl groups is 1. The maximum absolute atomic E-state index is 12.7. The molecule has 0 saturated carbocycles. The highest BCUT2D eigenvalue weighted by molar-refractivity contribution is 7.99. The first kappa shape index (κ1) is 19.8. The SMILES string of the molecule is CCC1(O)C2=C(OC1SC)N(C(=O)C/C=C/CC(=O)OC)CCCC2. The van der Waals surface area contributed by atoms with Gasteiger partial charge in [0.1, 0.15) is 5.60 Å². The van der Waals surface area contributed by atoms with Gasteiger partial charge in [0.15, 0.2) is 11.3 Å². The molecule has 0 aromatic carbocycles. The van der Waals surface area contributed by atoms with Gasteiger partial charge in [0, 0.05) is 18.5 Å². The van der Waals surface area contributed by atoms with Crippen LogP contribution in [0.1, 0.15) is 45.4 Å². The number of esters is 1. The zero-order valence-electron chi connectivity index (χ0n) is 15.1. The summed E-state index contributed by atoms with van der Waals surface area (Å²) in [5, 5.41) is 11.1. The molecule has 0 saturated heterocycles. The number of rotatable bonds is 6. The van der Waals surface area contributed by atoms with Gasteiger partial charge in [0.05, 0.1) is 13.5 Å². The molecular weight excluding hydrogens is 342 g/mol. The van der Waals surface area contributed by atoms with Crippen molar-refractivity contribution in [1.82, 2.24) is 4.90 Å². The van der Waals surface area contributed by atoms with Crippen LogP contribution in [0.5, 0.6) is 0 Å². The molecule has 1 amide bonds. The van der Waals surface area contributed by atoms with Gasteiger partial charge in [-0.1, -0.05) is 19.1 Å². The predicted molar refractivity (Wildman–Crippen MR) is 96.6 cm³/mol. The van der Waals surface area contributed by atoms with E-state index in [-0.39, 0.29) is 30.2 Å². The molecule has 2 aliphatic rings. The summed E-state index contributed by atoms with van der Waals surface area (Å²) < 4.78 is 10.6. The highest BCUT2D eigenvalue weighted by Gasteiger charge is 2.50. The van der Waals surface area contributed by atoms with E-state index in [1.807, 2.05) is 13.2 Å². The van der Waals surface area contributed by atoms with Gasteiger partial charge < -0.3 is 14.6 Å². The Balaban J connectivity index is 2.14. The summed E-state index contributed by atoms with van der Waals surface area (Å²) in [5.74, 6) is 0.113. The third kappa shape index (κ3) is 4.20. The van der Waals surface area contributed by atoms with Gasteiger partial charge in [-0.2, -0.15) is 0 Å². The summed E-state index contributed by atoms with van der Waals surface area (Å²) in [6.45, 7) is 2.53. The zero-order chi connectivity index (χ0) is 18.4. The Kier molecular flexibility index (Phi) is 6.95. The van der Waals surface area contributed by atoms with E-state index in [1.165, 1.54) is 18.9 Å². The van der Waals surface area contributed by atoms with Crippen LogP contribution < -0.4 is 0 Å². The van der Waals surface area contributed by atoms with Crippen molar-refractivity contribution in [1.29, 1.82) is 0 Å². The van der Waals surface area contributed by atoms with Gasteiger partial charge in [-0.3, -0.25) is 14.5 Å². The molecule has 2 heterocycles. The van der Waals surface area contributed by atoms with E-state index in [1.54, 1.807) is 17.1 Å². The average molecular weight is 369 g/mol. The molecule has 0 radical (unpaired) electrons. The summed E-state index contributed by atoms with van der Waals surface area (Å²) in [5.41, 5.74) is -0.553. The summed E-state index contributed by atoms with van der Waals surface area (Å²) in [4.78, 5) is 25.4. The number of carbonyl (C=O) groups is 2. The number of hydrogen-bond acceptors (Lipinski definition) is 6. The van der Waals surface area contributed by atoms with Crippen LogP contribution in [0.4, 0.5) is 0 Å². The Morgan fingerprint density at radius 2 is 2.12 bits per heavy atom. The second-order valence-electron chi connectivity index (χ2n) is 6.21. The Bertz CT molecular complexity index is 574. The van der Waals surface area contributed by atoms with Crippen LogP contribution in [0.15, 0.2) is 23.6 Å². The van der Waals surface area contributed by atoms with Gasteiger partial charge >= 0.3 is 5.97 Å². The van der Waals surface area contributed by atoms with E-state index in [0.717, 1.165) is 24.8 Å². The third-order valence-electron chi connectivity index (χ3n) is 4.72. The maximum Gasteiger partial charge on any atom is 0.309 e. The summed E-state index contributed by atoms with van der Waals surface area (Å²) in [6.07, 6.45) is 8.66. The predicted octanol–water partition coefficient (Wildman–Crippen LogP) is 2.58. The van der Waals surface area contributed by atoms with E-state index >= 15 is 0 Å². The number of methoxy groups -OCH3 is 1. The summed E-state index contributed by atoms with van der Waals surface area (Å²) in [7, 11) is 1.33. The lowest BCUT2D eigenvalue weighted by Crippen LogP contribution is -2.38.